The van der Waals surface area contributed by atoms with Crippen molar-refractivity contribution in [3.8, 4) is 0 Å². The maximum Gasteiger partial charge on any atom is 0.328 e. The van der Waals surface area contributed by atoms with Crippen LogP contribution in [0, 0.1) is 11.7 Å². The number of rotatable bonds is 8. The normalized spacial score (nSPS) is 16.3. The van der Waals surface area contributed by atoms with Crippen molar-refractivity contribution in [1.82, 2.24) is 15.3 Å². The molecule has 2 unspecified atom stereocenters. The number of methoxy groups -OCH3 is 1. The van der Waals surface area contributed by atoms with Crippen molar-refractivity contribution < 1.29 is 22.9 Å². The number of allylic oxidation sites excluding steroid dienone is 2. The minimum atomic E-state index is -1.08. The van der Waals surface area contributed by atoms with E-state index < -0.39 is 34.5 Å². The van der Waals surface area contributed by atoms with Crippen LogP contribution in [0.15, 0.2) is 65.5 Å². The Bertz CT molecular complexity index is 1410. The first kappa shape index (κ1) is 26.2. The van der Waals surface area contributed by atoms with Crippen molar-refractivity contribution >= 4 is 39.9 Å². The van der Waals surface area contributed by atoms with Crippen molar-refractivity contribution in [3.05, 3.63) is 88.8 Å². The maximum absolute atomic E-state index is 14.3. The molecule has 0 bridgehead atoms. The lowest BCUT2D eigenvalue weighted by Gasteiger charge is -2.20. The number of fused-ring (bicyclic) bond motifs is 1. The van der Waals surface area contributed by atoms with Gasteiger partial charge in [-0.3, -0.25) is 9.00 Å². The Kier molecular flexibility index (Phi) is 7.83. The molecule has 3 atom stereocenters. The number of nitrogens with zero attached hydrogens (tertiary/aromatic N) is 1. The molecule has 1 aliphatic rings. The maximum atomic E-state index is 14.3. The molecule has 0 fully saturated rings. The van der Waals surface area contributed by atoms with Gasteiger partial charge in [0, 0.05) is 40.3 Å². The number of carbonyl (C=O) groups excluding carboxylic acids is 2. The molecule has 2 N–H and O–H groups in total. The molecule has 4 rings (SSSR count). The first-order chi connectivity index (χ1) is 17.7. The fourth-order valence-corrected chi connectivity index (χ4v) is 5.09. The van der Waals surface area contributed by atoms with E-state index in [1.54, 1.807) is 25.4 Å². The van der Waals surface area contributed by atoms with Crippen LogP contribution >= 0.6 is 0 Å². The molecule has 2 aromatic carbocycles. The molecular formula is C28H28FN3O4S. The van der Waals surface area contributed by atoms with Crippen LogP contribution in [-0.2, 0) is 31.5 Å². The smallest absolute Gasteiger partial charge is 0.328 e. The average Bonchev–Trinajstić information content (AvgIpc) is 3.48. The third-order valence-electron chi connectivity index (χ3n) is 6.50. The van der Waals surface area contributed by atoms with Crippen molar-refractivity contribution in [2.24, 2.45) is 5.92 Å². The zero-order chi connectivity index (χ0) is 26.7. The summed E-state index contributed by atoms with van der Waals surface area (Å²) in [5, 5.41) is 2.79. The third-order valence-corrected chi connectivity index (χ3v) is 7.44. The van der Waals surface area contributed by atoms with Gasteiger partial charge in [-0.05, 0) is 77.6 Å². The van der Waals surface area contributed by atoms with Gasteiger partial charge in [-0.1, -0.05) is 18.2 Å². The highest BCUT2D eigenvalue weighted by molar-refractivity contribution is 7.84. The van der Waals surface area contributed by atoms with Crippen LogP contribution < -0.4 is 5.32 Å². The molecular weight excluding hydrogens is 493 g/mol. The largest absolute Gasteiger partial charge is 0.467 e. The molecule has 7 nitrogen and oxygen atoms in total. The number of amides is 1. The molecule has 0 saturated carbocycles. The summed E-state index contributed by atoms with van der Waals surface area (Å²) in [5.41, 5.74) is 5.43. The first-order valence-corrected chi connectivity index (χ1v) is 13.3. The Balaban J connectivity index is 1.67. The Morgan fingerprint density at radius 2 is 1.92 bits per heavy atom. The quantitative estimate of drug-likeness (QED) is 0.434. The van der Waals surface area contributed by atoms with Crippen LogP contribution in [0.2, 0.25) is 0 Å². The summed E-state index contributed by atoms with van der Waals surface area (Å²) in [4.78, 5) is 33.4. The number of halogens is 1. The number of esters is 1. The first-order valence-electron chi connectivity index (χ1n) is 11.7. The number of aromatic amines is 1. The molecule has 0 radical (unpaired) electrons. The summed E-state index contributed by atoms with van der Waals surface area (Å²) in [7, 11) is 0.187. The van der Waals surface area contributed by atoms with Gasteiger partial charge >= 0.3 is 5.97 Å². The number of aromatic nitrogens is 2. The van der Waals surface area contributed by atoms with Crippen LogP contribution in [-0.4, -0.2) is 45.5 Å². The molecule has 37 heavy (non-hydrogen) atoms. The van der Waals surface area contributed by atoms with Crippen LogP contribution in [0.4, 0.5) is 4.39 Å². The SMILES string of the molecule is COC(=O)[C@H](Cc1cnc[nH]1)NC(=O)C(C)C1=C(C)/C(=C/c2ccc(S(C)=O)cc2)c2ccc(F)cc21. The van der Waals surface area contributed by atoms with Gasteiger partial charge < -0.3 is 15.0 Å². The van der Waals surface area contributed by atoms with E-state index in [1.165, 1.54) is 25.6 Å². The zero-order valence-corrected chi connectivity index (χ0v) is 21.8. The van der Waals surface area contributed by atoms with E-state index in [1.807, 2.05) is 37.3 Å². The third kappa shape index (κ3) is 5.61. The highest BCUT2D eigenvalue weighted by Gasteiger charge is 2.33. The summed E-state index contributed by atoms with van der Waals surface area (Å²) in [6, 6.07) is 11.0. The average molecular weight is 522 g/mol. The Hall–Kier alpha value is -3.85. The van der Waals surface area contributed by atoms with Gasteiger partial charge in [0.2, 0.25) is 5.91 Å². The van der Waals surface area contributed by atoms with Gasteiger partial charge in [0.1, 0.15) is 11.9 Å². The fraction of sp³-hybridized carbons (Fsp3) is 0.250. The summed E-state index contributed by atoms with van der Waals surface area (Å²) in [6.07, 6.45) is 6.87. The summed E-state index contributed by atoms with van der Waals surface area (Å²) >= 11 is 0. The number of nitrogens with one attached hydrogen (secondary N) is 2. The van der Waals surface area contributed by atoms with E-state index in [4.69, 9.17) is 4.74 Å². The lowest BCUT2D eigenvalue weighted by molar-refractivity contribution is -0.145. The van der Waals surface area contributed by atoms with E-state index >= 15 is 0 Å². The molecule has 0 aliphatic heterocycles. The van der Waals surface area contributed by atoms with Crippen LogP contribution in [0.1, 0.15) is 36.2 Å². The molecule has 9 heteroatoms. The predicted octanol–water partition coefficient (Wildman–Crippen LogP) is 4.15. The van der Waals surface area contributed by atoms with Crippen molar-refractivity contribution in [2.75, 3.05) is 13.4 Å². The molecule has 192 valence electrons. The summed E-state index contributed by atoms with van der Waals surface area (Å²) in [6.45, 7) is 3.64. The van der Waals surface area contributed by atoms with Crippen LogP contribution in [0.25, 0.3) is 17.2 Å². The second-order valence-corrected chi connectivity index (χ2v) is 10.3. The van der Waals surface area contributed by atoms with Gasteiger partial charge in [-0.15, -0.1) is 0 Å². The summed E-state index contributed by atoms with van der Waals surface area (Å²) < 4.78 is 31.0. The second-order valence-electron chi connectivity index (χ2n) is 8.90. The number of benzene rings is 2. The molecule has 1 aliphatic carbocycles. The van der Waals surface area contributed by atoms with Gasteiger partial charge in [-0.25, -0.2) is 14.2 Å². The number of carbonyl (C=O) groups is 2. The Labute approximate surface area is 217 Å². The number of hydrogen-bond acceptors (Lipinski definition) is 5. The molecule has 0 saturated heterocycles. The highest BCUT2D eigenvalue weighted by atomic mass is 32.2. The number of hydrogen-bond donors (Lipinski definition) is 2. The molecule has 1 aromatic heterocycles. The minimum Gasteiger partial charge on any atom is -0.467 e. The number of H-pyrrole nitrogens is 1. The highest BCUT2D eigenvalue weighted by Crippen LogP contribution is 2.45. The van der Waals surface area contributed by atoms with Crippen molar-refractivity contribution in [3.63, 3.8) is 0 Å². The molecule has 3 aromatic rings. The Morgan fingerprint density at radius 1 is 1.19 bits per heavy atom. The summed E-state index contributed by atoms with van der Waals surface area (Å²) in [5.74, 6) is -2.03. The lowest BCUT2D eigenvalue weighted by Crippen LogP contribution is -2.45. The number of ether oxygens (including phenoxy) is 1. The van der Waals surface area contributed by atoms with Crippen molar-refractivity contribution in [1.29, 1.82) is 0 Å². The topological polar surface area (TPSA) is 101 Å². The van der Waals surface area contributed by atoms with E-state index in [9.17, 15) is 18.2 Å². The lowest BCUT2D eigenvalue weighted by atomic mass is 9.92. The van der Waals surface area contributed by atoms with E-state index in [2.05, 4.69) is 15.3 Å². The van der Waals surface area contributed by atoms with E-state index in [0.717, 1.165) is 27.2 Å². The molecule has 1 amide bonds. The fourth-order valence-electron chi connectivity index (χ4n) is 4.57. The van der Waals surface area contributed by atoms with Crippen molar-refractivity contribution in [2.45, 2.75) is 31.2 Å². The second kappa shape index (κ2) is 11.0. The van der Waals surface area contributed by atoms with Gasteiger partial charge in [0.15, 0.2) is 0 Å². The van der Waals surface area contributed by atoms with Crippen LogP contribution in [0.5, 0.6) is 0 Å². The standard InChI is InChI=1S/C28H28FN3O4S/c1-16-23(11-18-5-8-21(9-6-18)37(4)35)22-10-7-19(29)12-24(22)26(16)17(2)27(33)32-25(28(34)36-3)13-20-14-30-15-31-20/h5-12,14-15,17,25H,13H2,1-4H3,(H,30,31)(H,32,33)/b23-11-/t17?,25-,37?/m0/s1. The van der Waals surface area contributed by atoms with E-state index in [0.29, 0.717) is 16.8 Å². The van der Waals surface area contributed by atoms with Gasteiger partial charge in [0.25, 0.3) is 0 Å². The Morgan fingerprint density at radius 3 is 2.54 bits per heavy atom. The van der Waals surface area contributed by atoms with Gasteiger partial charge in [0.05, 0.1) is 19.4 Å². The molecule has 1 heterocycles. The van der Waals surface area contributed by atoms with E-state index in [-0.39, 0.29) is 12.3 Å². The number of imidazole rings is 1. The van der Waals surface area contributed by atoms with Crippen LogP contribution in [0.3, 0.4) is 0 Å². The zero-order valence-electron chi connectivity index (χ0n) is 21.0. The molecule has 0 spiro atoms. The minimum absolute atomic E-state index is 0.193. The predicted molar refractivity (Wildman–Crippen MR) is 141 cm³/mol. The monoisotopic (exact) mass is 521 g/mol. The van der Waals surface area contributed by atoms with Gasteiger partial charge in [-0.2, -0.15) is 0 Å².